The van der Waals surface area contributed by atoms with Crippen LogP contribution in [0.1, 0.15) is 12.8 Å². The van der Waals surface area contributed by atoms with Gasteiger partial charge in [0.25, 0.3) is 0 Å². The van der Waals surface area contributed by atoms with Crippen molar-refractivity contribution in [2.45, 2.75) is 12.8 Å². The second-order valence-electron chi connectivity index (χ2n) is 4.25. The van der Waals surface area contributed by atoms with Gasteiger partial charge in [-0.3, -0.25) is 0 Å². The summed E-state index contributed by atoms with van der Waals surface area (Å²) in [7, 11) is 0. The van der Waals surface area contributed by atoms with E-state index in [1.54, 1.807) is 17.0 Å². The van der Waals surface area contributed by atoms with Crippen molar-refractivity contribution in [2.75, 3.05) is 26.2 Å². The van der Waals surface area contributed by atoms with Crippen molar-refractivity contribution >= 4 is 34.8 Å². The van der Waals surface area contributed by atoms with Gasteiger partial charge in [-0.2, -0.15) is 0 Å². The summed E-state index contributed by atoms with van der Waals surface area (Å²) in [5.74, 6) is 0.538. The molecule has 1 aliphatic heterocycles. The Morgan fingerprint density at radius 3 is 2.24 bits per heavy atom. The molecule has 1 aliphatic rings. The van der Waals surface area contributed by atoms with Crippen LogP contribution in [0.4, 0.5) is 0 Å². The van der Waals surface area contributed by atoms with Gasteiger partial charge in [0.1, 0.15) is 13.2 Å². The average Bonchev–Trinajstić information content (AvgIpc) is 2.74. The van der Waals surface area contributed by atoms with Crippen LogP contribution in [0, 0.1) is 0 Å². The van der Waals surface area contributed by atoms with Crippen LogP contribution in [0.5, 0.6) is 5.75 Å². The molecule has 94 valence electrons. The van der Waals surface area contributed by atoms with E-state index in [0.717, 1.165) is 6.54 Å². The smallest absolute Gasteiger partial charge is 0.156 e. The van der Waals surface area contributed by atoms with Gasteiger partial charge in [-0.1, -0.05) is 34.8 Å². The van der Waals surface area contributed by atoms with Crippen LogP contribution in [0.25, 0.3) is 0 Å². The second kappa shape index (κ2) is 6.14. The number of quaternary nitrogens is 1. The Labute approximate surface area is 116 Å². The quantitative estimate of drug-likeness (QED) is 0.902. The Hall–Kier alpha value is -0.150. The van der Waals surface area contributed by atoms with Crippen molar-refractivity contribution in [3.63, 3.8) is 0 Å². The second-order valence-corrected chi connectivity index (χ2v) is 5.50. The number of likely N-dealkylation sites (tertiary alicyclic amines) is 1. The molecule has 1 aromatic carbocycles. The fourth-order valence-corrected chi connectivity index (χ4v) is 3.02. The van der Waals surface area contributed by atoms with Crippen molar-refractivity contribution in [1.82, 2.24) is 0 Å². The molecule has 2 rings (SSSR count). The van der Waals surface area contributed by atoms with E-state index in [9.17, 15) is 0 Å². The predicted octanol–water partition coefficient (Wildman–Crippen LogP) is 2.70. The third kappa shape index (κ3) is 3.65. The maximum Gasteiger partial charge on any atom is 0.156 e. The summed E-state index contributed by atoms with van der Waals surface area (Å²) in [6, 6.07) is 3.29. The van der Waals surface area contributed by atoms with E-state index >= 15 is 0 Å². The topological polar surface area (TPSA) is 13.7 Å². The van der Waals surface area contributed by atoms with Crippen LogP contribution in [-0.2, 0) is 0 Å². The highest BCUT2D eigenvalue weighted by Crippen LogP contribution is 2.35. The van der Waals surface area contributed by atoms with Crippen molar-refractivity contribution in [3.8, 4) is 5.75 Å². The number of hydrogen-bond acceptors (Lipinski definition) is 1. The van der Waals surface area contributed by atoms with Gasteiger partial charge in [-0.25, -0.2) is 0 Å². The highest BCUT2D eigenvalue weighted by Gasteiger charge is 2.15. The van der Waals surface area contributed by atoms with Gasteiger partial charge in [-0.15, -0.1) is 0 Å². The number of nitrogens with one attached hydrogen (secondary N) is 1. The average molecular weight is 296 g/mol. The highest BCUT2D eigenvalue weighted by molar-refractivity contribution is 6.40. The number of halogens is 3. The molecule has 1 aromatic rings. The van der Waals surface area contributed by atoms with Gasteiger partial charge in [0.15, 0.2) is 5.75 Å². The first-order valence-electron chi connectivity index (χ1n) is 5.78. The molecule has 0 spiro atoms. The maximum atomic E-state index is 6.03. The first-order valence-corrected chi connectivity index (χ1v) is 6.91. The Morgan fingerprint density at radius 1 is 1.06 bits per heavy atom. The number of hydrogen-bond donors (Lipinski definition) is 1. The number of rotatable bonds is 4. The highest BCUT2D eigenvalue weighted by atomic mass is 35.5. The SMILES string of the molecule is Clc1cc(Cl)c(OCC[NH+]2CCCC2)c(Cl)c1. The molecule has 0 aliphatic carbocycles. The van der Waals surface area contributed by atoms with Crippen LogP contribution >= 0.6 is 34.8 Å². The van der Waals surface area contributed by atoms with Gasteiger partial charge in [0, 0.05) is 17.9 Å². The molecule has 17 heavy (non-hydrogen) atoms. The van der Waals surface area contributed by atoms with Crippen LogP contribution < -0.4 is 9.64 Å². The lowest BCUT2D eigenvalue weighted by molar-refractivity contribution is -0.887. The fourth-order valence-electron chi connectivity index (χ4n) is 2.09. The summed E-state index contributed by atoms with van der Waals surface area (Å²) in [6.07, 6.45) is 2.63. The molecule has 0 saturated carbocycles. The third-order valence-electron chi connectivity index (χ3n) is 2.98. The molecule has 0 unspecified atom stereocenters. The largest absolute Gasteiger partial charge is 0.485 e. The van der Waals surface area contributed by atoms with E-state index in [1.807, 2.05) is 0 Å². The molecule has 1 fully saturated rings. The molecular weight excluding hydrogens is 280 g/mol. The Balaban J connectivity index is 1.89. The van der Waals surface area contributed by atoms with E-state index < -0.39 is 0 Å². The van der Waals surface area contributed by atoms with Crippen LogP contribution in [0.15, 0.2) is 12.1 Å². The molecule has 1 saturated heterocycles. The van der Waals surface area contributed by atoms with Gasteiger partial charge < -0.3 is 9.64 Å². The molecule has 1 N–H and O–H groups in total. The van der Waals surface area contributed by atoms with Gasteiger partial charge in [-0.05, 0) is 12.1 Å². The molecule has 1 heterocycles. The van der Waals surface area contributed by atoms with E-state index in [-0.39, 0.29) is 0 Å². The fraction of sp³-hybridized carbons (Fsp3) is 0.500. The standard InChI is InChI=1S/C12H14Cl3NO/c13-9-7-10(14)12(11(15)8-9)17-6-5-16-3-1-2-4-16/h7-8H,1-6H2/p+1. The lowest BCUT2D eigenvalue weighted by Gasteiger charge is -2.14. The lowest BCUT2D eigenvalue weighted by atomic mass is 10.3. The Kier molecular flexibility index (Phi) is 4.80. The number of benzene rings is 1. The zero-order chi connectivity index (χ0) is 12.3. The van der Waals surface area contributed by atoms with Crippen molar-refractivity contribution < 1.29 is 9.64 Å². The molecule has 2 nitrogen and oxygen atoms in total. The summed E-state index contributed by atoms with van der Waals surface area (Å²) in [5.41, 5.74) is 0. The van der Waals surface area contributed by atoms with Crippen LogP contribution in [0.2, 0.25) is 15.1 Å². The maximum absolute atomic E-state index is 6.03. The predicted molar refractivity (Wildman–Crippen MR) is 71.8 cm³/mol. The molecule has 0 amide bonds. The normalized spacial score (nSPS) is 16.4. The molecule has 0 radical (unpaired) electrons. The zero-order valence-corrected chi connectivity index (χ0v) is 11.7. The van der Waals surface area contributed by atoms with E-state index in [0.29, 0.717) is 27.4 Å². The Morgan fingerprint density at radius 2 is 1.65 bits per heavy atom. The minimum Gasteiger partial charge on any atom is -0.485 e. The van der Waals surface area contributed by atoms with E-state index in [2.05, 4.69) is 0 Å². The van der Waals surface area contributed by atoms with Crippen LogP contribution in [-0.4, -0.2) is 26.2 Å². The lowest BCUT2D eigenvalue weighted by Crippen LogP contribution is -3.10. The van der Waals surface area contributed by atoms with Crippen molar-refractivity contribution in [1.29, 1.82) is 0 Å². The van der Waals surface area contributed by atoms with E-state index in [1.165, 1.54) is 25.9 Å². The zero-order valence-electron chi connectivity index (χ0n) is 9.44. The summed E-state index contributed by atoms with van der Waals surface area (Å²) >= 11 is 17.9. The first kappa shape index (κ1) is 13.3. The van der Waals surface area contributed by atoms with Crippen LogP contribution in [0.3, 0.4) is 0 Å². The molecule has 0 bridgehead atoms. The van der Waals surface area contributed by atoms with Crippen molar-refractivity contribution in [2.24, 2.45) is 0 Å². The van der Waals surface area contributed by atoms with Gasteiger partial charge in [0.2, 0.25) is 0 Å². The molecule has 0 atom stereocenters. The third-order valence-corrected chi connectivity index (χ3v) is 3.76. The van der Waals surface area contributed by atoms with E-state index in [4.69, 9.17) is 39.5 Å². The van der Waals surface area contributed by atoms with Gasteiger partial charge >= 0.3 is 0 Å². The Bertz CT molecular complexity index is 368. The molecule has 0 aromatic heterocycles. The molecule has 5 heteroatoms. The van der Waals surface area contributed by atoms with Crippen molar-refractivity contribution in [3.05, 3.63) is 27.2 Å². The monoisotopic (exact) mass is 294 g/mol. The summed E-state index contributed by atoms with van der Waals surface area (Å²) in [6.45, 7) is 4.11. The summed E-state index contributed by atoms with van der Waals surface area (Å²) in [5, 5.41) is 1.47. The number of ether oxygens (including phenoxy) is 1. The minimum absolute atomic E-state index is 0.471. The molecular formula is C12H15Cl3NO+. The minimum atomic E-state index is 0.471. The first-order chi connectivity index (χ1) is 8.16. The summed E-state index contributed by atoms with van der Waals surface area (Å²) < 4.78 is 5.64. The van der Waals surface area contributed by atoms with Gasteiger partial charge in [0.05, 0.1) is 23.1 Å². The summed E-state index contributed by atoms with van der Waals surface area (Å²) in [4.78, 5) is 1.59.